The fourth-order valence-corrected chi connectivity index (χ4v) is 2.99. The normalized spacial score (nSPS) is 19.9. The number of ketones is 1. The van der Waals surface area contributed by atoms with Crippen molar-refractivity contribution in [3.05, 3.63) is 16.4 Å². The molecule has 2 rings (SSSR count). The van der Waals surface area contributed by atoms with Crippen LogP contribution in [-0.4, -0.2) is 20.7 Å². The molecule has 1 heterocycles. The third-order valence-electron chi connectivity index (χ3n) is 3.32. The molecule has 1 N–H and O–H groups in total. The van der Waals surface area contributed by atoms with Gasteiger partial charge in [-0.25, -0.2) is 0 Å². The van der Waals surface area contributed by atoms with Gasteiger partial charge in [-0.15, -0.1) is 0 Å². The van der Waals surface area contributed by atoms with Crippen molar-refractivity contribution < 1.29 is 9.90 Å². The van der Waals surface area contributed by atoms with E-state index in [0.717, 1.165) is 10.2 Å². The summed E-state index contributed by atoms with van der Waals surface area (Å²) in [6.07, 6.45) is 3.59. The lowest BCUT2D eigenvalue weighted by molar-refractivity contribution is -0.126. The molecule has 0 radical (unpaired) electrons. The maximum Gasteiger partial charge on any atom is 0.133 e. The Labute approximate surface area is 109 Å². The van der Waals surface area contributed by atoms with Gasteiger partial charge in [0.25, 0.3) is 0 Å². The third-order valence-corrected chi connectivity index (χ3v) is 3.90. The number of halogens is 1. The summed E-state index contributed by atoms with van der Waals surface area (Å²) in [5, 5.41) is 15.0. The molecule has 0 amide bonds. The molecule has 1 aromatic rings. The van der Waals surface area contributed by atoms with Gasteiger partial charge in [-0.05, 0) is 42.6 Å². The molecule has 1 aliphatic rings. The lowest BCUT2D eigenvalue weighted by Crippen LogP contribution is -2.34. The lowest BCUT2D eigenvalue weighted by atomic mass is 9.81. The van der Waals surface area contributed by atoms with Gasteiger partial charge in [0.2, 0.25) is 0 Å². The van der Waals surface area contributed by atoms with Crippen LogP contribution in [0, 0.1) is 0 Å². The number of aliphatic hydroxyl groups is 1. The number of carbonyl (C=O) groups is 1. The minimum Gasteiger partial charge on any atom is -0.383 e. The SMILES string of the molecule is CC(C)n1ncc(Br)c1C1(O)CCC(=O)CC1. The molecule has 1 aromatic heterocycles. The van der Waals surface area contributed by atoms with Crippen LogP contribution in [0.15, 0.2) is 10.7 Å². The second-order valence-electron chi connectivity index (χ2n) is 4.95. The first-order valence-corrected chi connectivity index (χ1v) is 6.71. The lowest BCUT2D eigenvalue weighted by Gasteiger charge is -2.33. The van der Waals surface area contributed by atoms with E-state index < -0.39 is 5.60 Å². The van der Waals surface area contributed by atoms with Crippen molar-refractivity contribution in [2.45, 2.75) is 51.2 Å². The van der Waals surface area contributed by atoms with Crippen LogP contribution in [-0.2, 0) is 10.4 Å². The molecular weight excluding hydrogens is 284 g/mol. The Bertz CT molecular complexity index is 430. The highest BCUT2D eigenvalue weighted by atomic mass is 79.9. The zero-order valence-corrected chi connectivity index (χ0v) is 11.7. The Hall–Kier alpha value is -0.680. The van der Waals surface area contributed by atoms with E-state index in [1.807, 2.05) is 18.5 Å². The molecule has 0 aliphatic heterocycles. The van der Waals surface area contributed by atoms with Gasteiger partial charge in [0.15, 0.2) is 0 Å². The Morgan fingerprint density at radius 2 is 2.06 bits per heavy atom. The number of hydrogen-bond acceptors (Lipinski definition) is 3. The quantitative estimate of drug-likeness (QED) is 0.913. The average Bonchev–Trinajstić information content (AvgIpc) is 2.66. The summed E-state index contributed by atoms with van der Waals surface area (Å²) in [6.45, 7) is 4.06. The van der Waals surface area contributed by atoms with E-state index in [4.69, 9.17) is 0 Å². The maximum absolute atomic E-state index is 11.3. The Balaban J connectivity index is 2.38. The van der Waals surface area contributed by atoms with Crippen molar-refractivity contribution in [2.24, 2.45) is 0 Å². The standard InChI is InChI=1S/C12H17BrN2O2/c1-8(2)15-11(10(13)7-14-15)12(17)5-3-9(16)4-6-12/h7-8,17H,3-6H2,1-2H3. The first-order chi connectivity index (χ1) is 7.94. The van der Waals surface area contributed by atoms with Crippen LogP contribution in [0.25, 0.3) is 0 Å². The van der Waals surface area contributed by atoms with Crippen LogP contribution in [0.2, 0.25) is 0 Å². The summed E-state index contributed by atoms with van der Waals surface area (Å²) in [5.41, 5.74) is -0.118. The van der Waals surface area contributed by atoms with Gasteiger partial charge in [-0.3, -0.25) is 9.48 Å². The molecule has 0 aromatic carbocycles. The summed E-state index contributed by atoms with van der Waals surface area (Å²) in [5.74, 6) is 0.237. The molecule has 1 aliphatic carbocycles. The molecular formula is C12H17BrN2O2. The van der Waals surface area contributed by atoms with E-state index >= 15 is 0 Å². The van der Waals surface area contributed by atoms with Crippen LogP contribution in [0.5, 0.6) is 0 Å². The van der Waals surface area contributed by atoms with Gasteiger partial charge >= 0.3 is 0 Å². The van der Waals surface area contributed by atoms with Crippen molar-refractivity contribution in [1.29, 1.82) is 0 Å². The van der Waals surface area contributed by atoms with E-state index in [2.05, 4.69) is 21.0 Å². The van der Waals surface area contributed by atoms with Crippen LogP contribution >= 0.6 is 15.9 Å². The van der Waals surface area contributed by atoms with Crippen molar-refractivity contribution in [3.8, 4) is 0 Å². The number of aromatic nitrogens is 2. The van der Waals surface area contributed by atoms with Gasteiger partial charge in [0.1, 0.15) is 11.4 Å². The van der Waals surface area contributed by atoms with E-state index in [9.17, 15) is 9.90 Å². The topological polar surface area (TPSA) is 55.1 Å². The van der Waals surface area contributed by atoms with Crippen LogP contribution in [0.3, 0.4) is 0 Å². The van der Waals surface area contributed by atoms with Crippen molar-refractivity contribution in [3.63, 3.8) is 0 Å². The van der Waals surface area contributed by atoms with E-state index in [1.165, 1.54) is 0 Å². The second-order valence-corrected chi connectivity index (χ2v) is 5.80. The Morgan fingerprint density at radius 1 is 1.47 bits per heavy atom. The monoisotopic (exact) mass is 300 g/mol. The largest absolute Gasteiger partial charge is 0.383 e. The molecule has 0 saturated heterocycles. The van der Waals surface area contributed by atoms with Crippen molar-refractivity contribution in [1.82, 2.24) is 9.78 Å². The molecule has 94 valence electrons. The molecule has 0 bridgehead atoms. The fourth-order valence-electron chi connectivity index (χ4n) is 2.35. The number of nitrogens with zero attached hydrogens (tertiary/aromatic N) is 2. The van der Waals surface area contributed by atoms with E-state index in [1.54, 1.807) is 6.20 Å². The summed E-state index contributed by atoms with van der Waals surface area (Å²) >= 11 is 3.44. The van der Waals surface area contributed by atoms with Gasteiger partial charge < -0.3 is 5.11 Å². The number of rotatable bonds is 2. The number of Topliss-reactive ketones (excluding diaryl/α,β-unsaturated/α-hetero) is 1. The molecule has 1 fully saturated rings. The van der Waals surface area contributed by atoms with Gasteiger partial charge in [-0.1, -0.05) is 0 Å². The summed E-state index contributed by atoms with van der Waals surface area (Å²) in [4.78, 5) is 11.3. The van der Waals surface area contributed by atoms with Gasteiger partial charge in [-0.2, -0.15) is 5.10 Å². The smallest absolute Gasteiger partial charge is 0.133 e. The highest BCUT2D eigenvalue weighted by molar-refractivity contribution is 9.10. The highest BCUT2D eigenvalue weighted by Crippen LogP contribution is 2.40. The first-order valence-electron chi connectivity index (χ1n) is 5.91. The number of hydrogen-bond donors (Lipinski definition) is 1. The zero-order valence-electron chi connectivity index (χ0n) is 10.1. The molecule has 0 unspecified atom stereocenters. The number of carbonyl (C=O) groups excluding carboxylic acids is 1. The van der Waals surface area contributed by atoms with Gasteiger partial charge in [0, 0.05) is 18.9 Å². The summed E-state index contributed by atoms with van der Waals surface area (Å²) < 4.78 is 2.66. The molecule has 17 heavy (non-hydrogen) atoms. The highest BCUT2D eigenvalue weighted by Gasteiger charge is 2.38. The maximum atomic E-state index is 11.3. The fraction of sp³-hybridized carbons (Fsp3) is 0.667. The van der Waals surface area contributed by atoms with Crippen molar-refractivity contribution in [2.75, 3.05) is 0 Å². The molecule has 5 heteroatoms. The molecule has 1 saturated carbocycles. The van der Waals surface area contributed by atoms with Crippen molar-refractivity contribution >= 4 is 21.7 Å². The molecule has 0 atom stereocenters. The summed E-state index contributed by atoms with van der Waals surface area (Å²) in [7, 11) is 0. The Kier molecular flexibility index (Phi) is 3.41. The van der Waals surface area contributed by atoms with Crippen LogP contribution < -0.4 is 0 Å². The minimum absolute atomic E-state index is 0.193. The van der Waals surface area contributed by atoms with E-state index in [-0.39, 0.29) is 11.8 Å². The van der Waals surface area contributed by atoms with Crippen LogP contribution in [0.1, 0.15) is 51.3 Å². The minimum atomic E-state index is -0.923. The predicted molar refractivity (Wildman–Crippen MR) is 67.7 cm³/mol. The zero-order chi connectivity index (χ0) is 12.6. The predicted octanol–water partition coefficient (Wildman–Crippen LogP) is 2.56. The molecule has 0 spiro atoms. The summed E-state index contributed by atoms with van der Waals surface area (Å²) in [6, 6.07) is 0.193. The first kappa shape index (κ1) is 12.8. The molecule has 4 nitrogen and oxygen atoms in total. The van der Waals surface area contributed by atoms with Crippen LogP contribution in [0.4, 0.5) is 0 Å². The third kappa shape index (κ3) is 2.31. The average molecular weight is 301 g/mol. The second kappa shape index (κ2) is 4.53. The van der Waals surface area contributed by atoms with E-state index in [0.29, 0.717) is 25.7 Å². The Morgan fingerprint density at radius 3 is 2.59 bits per heavy atom. The van der Waals surface area contributed by atoms with Gasteiger partial charge in [0.05, 0.1) is 16.4 Å².